The normalized spacial score (nSPS) is 12.3. The average Bonchev–Trinajstić information content (AvgIpc) is 2.41. The number of hydrogen-bond donors (Lipinski definition) is 2. The number of likely N-dealkylation sites (N-methyl/N-ethyl adjacent to an activating group) is 1. The Morgan fingerprint density at radius 1 is 1.26 bits per heavy atom. The average molecular weight is 260 g/mol. The van der Waals surface area contributed by atoms with E-state index in [1.54, 1.807) is 24.4 Å². The lowest BCUT2D eigenvalue weighted by Crippen LogP contribution is -2.24. The molecule has 0 amide bonds. The molecule has 19 heavy (non-hydrogen) atoms. The van der Waals surface area contributed by atoms with Crippen molar-refractivity contribution in [3.8, 4) is 5.75 Å². The largest absolute Gasteiger partial charge is 0.508 e. The first-order chi connectivity index (χ1) is 9.20. The molecule has 2 N–H and O–H groups in total. The predicted octanol–water partition coefficient (Wildman–Crippen LogP) is 2.82. The molecule has 3 nitrogen and oxygen atoms in total. The Kier molecular flexibility index (Phi) is 4.47. The van der Waals surface area contributed by atoms with E-state index < -0.39 is 0 Å². The van der Waals surface area contributed by atoms with Gasteiger partial charge in [0.15, 0.2) is 0 Å². The van der Waals surface area contributed by atoms with Gasteiger partial charge in [-0.05, 0) is 36.7 Å². The molecular formula is C15H17FN2O. The molecule has 0 spiro atoms. The fourth-order valence-electron chi connectivity index (χ4n) is 2.07. The summed E-state index contributed by atoms with van der Waals surface area (Å²) in [6.07, 6.45) is 3.49. The summed E-state index contributed by atoms with van der Waals surface area (Å²) in [7, 11) is 0. The summed E-state index contributed by atoms with van der Waals surface area (Å²) in [5, 5.41) is 12.5. The van der Waals surface area contributed by atoms with E-state index in [-0.39, 0.29) is 17.6 Å². The summed E-state index contributed by atoms with van der Waals surface area (Å²) in [5.74, 6) is -0.0638. The fraction of sp³-hybridized carbons (Fsp3) is 0.267. The Bertz CT molecular complexity index is 528. The highest BCUT2D eigenvalue weighted by Crippen LogP contribution is 2.21. The van der Waals surface area contributed by atoms with Crippen molar-refractivity contribution in [3.63, 3.8) is 0 Å². The van der Waals surface area contributed by atoms with Crippen molar-refractivity contribution in [1.82, 2.24) is 10.3 Å². The number of aromatic hydroxyl groups is 1. The summed E-state index contributed by atoms with van der Waals surface area (Å²) < 4.78 is 13.8. The Hall–Kier alpha value is -1.94. The highest BCUT2D eigenvalue weighted by Gasteiger charge is 2.15. The zero-order valence-corrected chi connectivity index (χ0v) is 10.8. The zero-order chi connectivity index (χ0) is 13.7. The highest BCUT2D eigenvalue weighted by atomic mass is 19.1. The minimum Gasteiger partial charge on any atom is -0.508 e. The van der Waals surface area contributed by atoms with Gasteiger partial charge in [0.1, 0.15) is 11.6 Å². The van der Waals surface area contributed by atoms with Crippen LogP contribution >= 0.6 is 0 Å². The summed E-state index contributed by atoms with van der Waals surface area (Å²) in [6.45, 7) is 2.74. The van der Waals surface area contributed by atoms with E-state index in [2.05, 4.69) is 10.3 Å². The van der Waals surface area contributed by atoms with Gasteiger partial charge in [0.25, 0.3) is 0 Å². The number of rotatable bonds is 5. The molecule has 1 aromatic carbocycles. The molecule has 0 aliphatic heterocycles. The van der Waals surface area contributed by atoms with Crippen LogP contribution in [0.1, 0.15) is 24.1 Å². The van der Waals surface area contributed by atoms with Gasteiger partial charge in [0, 0.05) is 17.8 Å². The standard InChI is InChI=1S/C15H17FN2O/c1-2-18-15(13-7-8-17-10-14(13)16)9-11-3-5-12(19)6-4-11/h3-8,10,15,18-19H,2,9H2,1H3. The summed E-state index contributed by atoms with van der Waals surface area (Å²) in [6, 6.07) is 8.57. The van der Waals surface area contributed by atoms with E-state index in [0.717, 1.165) is 12.1 Å². The van der Waals surface area contributed by atoms with E-state index >= 15 is 0 Å². The van der Waals surface area contributed by atoms with Crippen LogP contribution < -0.4 is 5.32 Å². The Morgan fingerprint density at radius 3 is 2.63 bits per heavy atom. The first kappa shape index (κ1) is 13.5. The second kappa shape index (κ2) is 6.29. The van der Waals surface area contributed by atoms with Crippen LogP contribution in [0.5, 0.6) is 5.75 Å². The van der Waals surface area contributed by atoms with Gasteiger partial charge < -0.3 is 10.4 Å². The highest BCUT2D eigenvalue weighted by molar-refractivity contribution is 5.28. The van der Waals surface area contributed by atoms with Crippen LogP contribution in [0.25, 0.3) is 0 Å². The molecule has 0 bridgehead atoms. The van der Waals surface area contributed by atoms with Crippen LogP contribution in [0.2, 0.25) is 0 Å². The molecule has 0 aliphatic carbocycles. The molecule has 1 unspecified atom stereocenters. The van der Waals surface area contributed by atoms with Gasteiger partial charge in [-0.1, -0.05) is 19.1 Å². The van der Waals surface area contributed by atoms with E-state index in [4.69, 9.17) is 0 Å². The minimum atomic E-state index is -0.299. The summed E-state index contributed by atoms with van der Waals surface area (Å²) >= 11 is 0. The predicted molar refractivity (Wildman–Crippen MR) is 72.4 cm³/mol. The van der Waals surface area contributed by atoms with Crippen LogP contribution in [0, 0.1) is 5.82 Å². The van der Waals surface area contributed by atoms with Gasteiger partial charge in [-0.15, -0.1) is 0 Å². The molecule has 0 fully saturated rings. The molecule has 100 valence electrons. The molecule has 2 aromatic rings. The second-order valence-corrected chi connectivity index (χ2v) is 4.38. The number of halogens is 1. The molecule has 0 saturated carbocycles. The number of phenols is 1. The zero-order valence-electron chi connectivity index (χ0n) is 10.8. The fourth-order valence-corrected chi connectivity index (χ4v) is 2.07. The molecular weight excluding hydrogens is 243 g/mol. The third-order valence-corrected chi connectivity index (χ3v) is 3.01. The third-order valence-electron chi connectivity index (χ3n) is 3.01. The quantitative estimate of drug-likeness (QED) is 0.869. The topological polar surface area (TPSA) is 45.1 Å². The first-order valence-electron chi connectivity index (χ1n) is 6.31. The van der Waals surface area contributed by atoms with E-state index in [9.17, 15) is 9.50 Å². The summed E-state index contributed by atoms with van der Waals surface area (Å²) in [5.41, 5.74) is 1.66. The van der Waals surface area contributed by atoms with Gasteiger partial charge >= 0.3 is 0 Å². The Morgan fingerprint density at radius 2 is 2.00 bits per heavy atom. The number of aromatic nitrogens is 1. The number of pyridine rings is 1. The monoisotopic (exact) mass is 260 g/mol. The Balaban J connectivity index is 2.21. The number of nitrogens with one attached hydrogen (secondary N) is 1. The minimum absolute atomic E-state index is 0.0995. The molecule has 0 saturated heterocycles. The molecule has 1 heterocycles. The molecule has 4 heteroatoms. The number of nitrogens with zero attached hydrogens (tertiary/aromatic N) is 1. The van der Waals surface area contributed by atoms with E-state index in [0.29, 0.717) is 12.0 Å². The smallest absolute Gasteiger partial charge is 0.146 e. The second-order valence-electron chi connectivity index (χ2n) is 4.38. The maximum Gasteiger partial charge on any atom is 0.146 e. The number of benzene rings is 1. The molecule has 0 aliphatic rings. The maximum absolute atomic E-state index is 13.8. The number of phenolic OH excluding ortho intramolecular Hbond substituents is 1. The van der Waals surface area contributed by atoms with E-state index in [1.807, 2.05) is 19.1 Å². The van der Waals surface area contributed by atoms with Crippen molar-refractivity contribution in [3.05, 3.63) is 59.7 Å². The lowest BCUT2D eigenvalue weighted by Gasteiger charge is -2.19. The SMILES string of the molecule is CCNC(Cc1ccc(O)cc1)c1ccncc1F. The van der Waals surface area contributed by atoms with Crippen LogP contribution in [-0.2, 0) is 6.42 Å². The van der Waals surface area contributed by atoms with Crippen molar-refractivity contribution in [1.29, 1.82) is 0 Å². The van der Waals surface area contributed by atoms with Crippen LogP contribution in [0.3, 0.4) is 0 Å². The van der Waals surface area contributed by atoms with Gasteiger partial charge in [-0.2, -0.15) is 0 Å². The lowest BCUT2D eigenvalue weighted by molar-refractivity contribution is 0.474. The van der Waals surface area contributed by atoms with Gasteiger partial charge in [-0.3, -0.25) is 4.98 Å². The molecule has 1 atom stereocenters. The lowest BCUT2D eigenvalue weighted by atomic mass is 9.99. The van der Waals surface area contributed by atoms with Gasteiger partial charge in [-0.25, -0.2) is 4.39 Å². The van der Waals surface area contributed by atoms with Crippen molar-refractivity contribution in [2.75, 3.05) is 6.54 Å². The van der Waals surface area contributed by atoms with Crippen LogP contribution in [0.4, 0.5) is 4.39 Å². The molecule has 2 rings (SSSR count). The van der Waals surface area contributed by atoms with Crippen LogP contribution in [-0.4, -0.2) is 16.6 Å². The molecule has 1 aromatic heterocycles. The molecule has 0 radical (unpaired) electrons. The van der Waals surface area contributed by atoms with Crippen LogP contribution in [0.15, 0.2) is 42.7 Å². The Labute approximate surface area is 112 Å². The van der Waals surface area contributed by atoms with Crippen molar-refractivity contribution < 1.29 is 9.50 Å². The first-order valence-corrected chi connectivity index (χ1v) is 6.31. The van der Waals surface area contributed by atoms with Crippen molar-refractivity contribution in [2.45, 2.75) is 19.4 Å². The van der Waals surface area contributed by atoms with Gasteiger partial charge in [0.05, 0.1) is 6.20 Å². The maximum atomic E-state index is 13.8. The summed E-state index contributed by atoms with van der Waals surface area (Å²) in [4.78, 5) is 3.77. The number of hydrogen-bond acceptors (Lipinski definition) is 3. The third kappa shape index (κ3) is 3.51. The van der Waals surface area contributed by atoms with Crippen molar-refractivity contribution >= 4 is 0 Å². The van der Waals surface area contributed by atoms with Gasteiger partial charge in [0.2, 0.25) is 0 Å². The van der Waals surface area contributed by atoms with Crippen molar-refractivity contribution in [2.24, 2.45) is 0 Å². The van der Waals surface area contributed by atoms with E-state index in [1.165, 1.54) is 6.20 Å².